The van der Waals surface area contributed by atoms with Gasteiger partial charge in [-0.3, -0.25) is 0 Å². The van der Waals surface area contributed by atoms with Gasteiger partial charge in [0.05, 0.1) is 6.10 Å². The molecule has 3 atom stereocenters. The fraction of sp³-hybridized carbons (Fsp3) is 0.600. The maximum absolute atomic E-state index is 13.1. The van der Waals surface area contributed by atoms with E-state index in [1.165, 1.54) is 12.5 Å². The first kappa shape index (κ1) is 13.6. The van der Waals surface area contributed by atoms with Crippen LogP contribution in [0.15, 0.2) is 18.2 Å². The van der Waals surface area contributed by atoms with Gasteiger partial charge in [-0.15, -0.1) is 0 Å². The highest BCUT2D eigenvalue weighted by Gasteiger charge is 2.57. The van der Waals surface area contributed by atoms with Gasteiger partial charge in [-0.25, -0.2) is 4.39 Å². The Bertz CT molecular complexity index is 491. The van der Waals surface area contributed by atoms with Gasteiger partial charge in [0.2, 0.25) is 0 Å². The molecule has 2 nitrogen and oxygen atoms in total. The fourth-order valence-corrected chi connectivity index (χ4v) is 4.22. The van der Waals surface area contributed by atoms with Gasteiger partial charge in [0.15, 0.2) is 0 Å². The number of nitrogens with one attached hydrogen (secondary N) is 1. The maximum Gasteiger partial charge on any atom is 0.124 e. The van der Waals surface area contributed by atoms with Crippen molar-refractivity contribution in [3.8, 4) is 0 Å². The van der Waals surface area contributed by atoms with E-state index in [9.17, 15) is 4.39 Å². The molecule has 0 amide bonds. The lowest BCUT2D eigenvalue weighted by Crippen LogP contribution is -2.67. The summed E-state index contributed by atoms with van der Waals surface area (Å²) >= 11 is 2.19. The molecule has 1 saturated heterocycles. The quantitative estimate of drug-likeness (QED) is 0.788. The van der Waals surface area contributed by atoms with Gasteiger partial charge in [-0.2, -0.15) is 0 Å². The lowest BCUT2D eigenvalue weighted by atomic mass is 9.55. The summed E-state index contributed by atoms with van der Waals surface area (Å²) in [4.78, 5) is 0. The van der Waals surface area contributed by atoms with E-state index < -0.39 is 0 Å². The minimum atomic E-state index is -0.179. The van der Waals surface area contributed by atoms with Gasteiger partial charge in [0.1, 0.15) is 5.82 Å². The van der Waals surface area contributed by atoms with Crippen molar-refractivity contribution in [2.45, 2.75) is 38.8 Å². The standard InChI is InChI=1S/C15H19FINO/c1-15(2)13(10-4-3-7-19-14(10)15)18-12-6-5-9(16)8-11(12)17/h5-6,8,10,13-14,18H,3-4,7H2,1-2H3. The number of rotatable bonds is 2. The van der Waals surface area contributed by atoms with Gasteiger partial charge in [-0.1, -0.05) is 13.8 Å². The molecular formula is C15H19FINO. The molecule has 4 heteroatoms. The van der Waals surface area contributed by atoms with Crippen molar-refractivity contribution in [2.24, 2.45) is 11.3 Å². The van der Waals surface area contributed by atoms with E-state index in [-0.39, 0.29) is 11.2 Å². The van der Waals surface area contributed by atoms with Crippen LogP contribution in [-0.4, -0.2) is 18.8 Å². The lowest BCUT2D eigenvalue weighted by Gasteiger charge is -2.60. The third kappa shape index (κ3) is 2.27. The highest BCUT2D eigenvalue weighted by molar-refractivity contribution is 14.1. The Kier molecular flexibility index (Phi) is 3.50. The van der Waals surface area contributed by atoms with Gasteiger partial charge in [0, 0.05) is 33.2 Å². The molecule has 0 aromatic heterocycles. The lowest BCUT2D eigenvalue weighted by molar-refractivity contribution is -0.177. The summed E-state index contributed by atoms with van der Waals surface area (Å²) in [5.74, 6) is 0.409. The fourth-order valence-electron chi connectivity index (χ4n) is 3.59. The van der Waals surface area contributed by atoms with Crippen molar-refractivity contribution in [3.63, 3.8) is 0 Å². The van der Waals surface area contributed by atoms with Gasteiger partial charge in [0.25, 0.3) is 0 Å². The Morgan fingerprint density at radius 3 is 2.95 bits per heavy atom. The summed E-state index contributed by atoms with van der Waals surface area (Å²) in [5, 5.41) is 3.61. The Morgan fingerprint density at radius 1 is 1.42 bits per heavy atom. The number of benzene rings is 1. The molecule has 2 fully saturated rings. The van der Waals surface area contributed by atoms with Gasteiger partial charge in [-0.05, 0) is 53.6 Å². The zero-order chi connectivity index (χ0) is 13.6. The normalized spacial score (nSPS) is 32.3. The summed E-state index contributed by atoms with van der Waals surface area (Å²) in [6.45, 7) is 5.41. The molecule has 1 aliphatic carbocycles. The monoisotopic (exact) mass is 375 g/mol. The first-order valence-corrected chi connectivity index (χ1v) is 7.91. The van der Waals surface area contributed by atoms with E-state index >= 15 is 0 Å². The largest absolute Gasteiger partial charge is 0.380 e. The topological polar surface area (TPSA) is 21.3 Å². The molecule has 0 radical (unpaired) electrons. The highest BCUT2D eigenvalue weighted by Crippen LogP contribution is 2.52. The second kappa shape index (κ2) is 4.88. The van der Waals surface area contributed by atoms with Crippen molar-refractivity contribution < 1.29 is 9.13 Å². The number of hydrogen-bond acceptors (Lipinski definition) is 2. The summed E-state index contributed by atoms with van der Waals surface area (Å²) in [6, 6.07) is 5.34. The Balaban J connectivity index is 1.79. The molecule has 1 aromatic carbocycles. The summed E-state index contributed by atoms with van der Waals surface area (Å²) in [7, 11) is 0. The molecule has 1 aliphatic heterocycles. The van der Waals surface area contributed by atoms with Crippen LogP contribution in [-0.2, 0) is 4.74 Å². The first-order chi connectivity index (χ1) is 9.00. The van der Waals surface area contributed by atoms with Crippen LogP contribution in [0, 0.1) is 20.7 Å². The average Bonchev–Trinajstić information content (AvgIpc) is 2.37. The Labute approximate surface area is 127 Å². The molecule has 1 aromatic rings. The molecule has 104 valence electrons. The van der Waals surface area contributed by atoms with E-state index in [1.54, 1.807) is 6.07 Å². The van der Waals surface area contributed by atoms with Crippen LogP contribution in [0.1, 0.15) is 26.7 Å². The summed E-state index contributed by atoms with van der Waals surface area (Å²) < 4.78 is 20.0. The summed E-state index contributed by atoms with van der Waals surface area (Å²) in [6.07, 6.45) is 2.75. The molecule has 1 N–H and O–H groups in total. The molecule has 2 aliphatic rings. The SMILES string of the molecule is CC1(C)C(Nc2ccc(F)cc2I)C2CCCOC21. The Morgan fingerprint density at radius 2 is 2.21 bits per heavy atom. The molecular weight excluding hydrogens is 356 g/mol. The van der Waals surface area contributed by atoms with Crippen LogP contribution in [0.5, 0.6) is 0 Å². The van der Waals surface area contributed by atoms with E-state index in [4.69, 9.17) is 4.74 Å². The van der Waals surface area contributed by atoms with Crippen molar-refractivity contribution in [1.29, 1.82) is 0 Å². The van der Waals surface area contributed by atoms with Crippen LogP contribution >= 0.6 is 22.6 Å². The molecule has 0 spiro atoms. The van der Waals surface area contributed by atoms with Crippen LogP contribution in [0.2, 0.25) is 0 Å². The average molecular weight is 375 g/mol. The van der Waals surface area contributed by atoms with Gasteiger partial charge < -0.3 is 10.1 Å². The molecule has 19 heavy (non-hydrogen) atoms. The maximum atomic E-state index is 13.1. The number of ether oxygens (including phenoxy) is 1. The minimum absolute atomic E-state index is 0.141. The Hall–Kier alpha value is -0.360. The molecule has 1 heterocycles. The summed E-state index contributed by atoms with van der Waals surface area (Å²) in [5.41, 5.74) is 1.17. The smallest absolute Gasteiger partial charge is 0.124 e. The number of anilines is 1. The predicted octanol–water partition coefficient (Wildman–Crippen LogP) is 4.05. The van der Waals surface area contributed by atoms with E-state index in [1.807, 2.05) is 6.07 Å². The zero-order valence-electron chi connectivity index (χ0n) is 11.2. The third-order valence-corrected chi connectivity index (χ3v) is 5.47. The van der Waals surface area contributed by atoms with E-state index in [2.05, 4.69) is 41.8 Å². The van der Waals surface area contributed by atoms with Crippen molar-refractivity contribution in [1.82, 2.24) is 0 Å². The number of halogens is 2. The molecule has 3 rings (SSSR count). The minimum Gasteiger partial charge on any atom is -0.380 e. The van der Waals surface area contributed by atoms with E-state index in [0.29, 0.717) is 18.1 Å². The van der Waals surface area contributed by atoms with Crippen LogP contribution in [0.3, 0.4) is 0 Å². The molecule has 3 unspecified atom stereocenters. The molecule has 1 saturated carbocycles. The second-order valence-electron chi connectivity index (χ2n) is 6.17. The van der Waals surface area contributed by atoms with Crippen LogP contribution < -0.4 is 5.32 Å². The van der Waals surface area contributed by atoms with Crippen molar-refractivity contribution in [3.05, 3.63) is 27.6 Å². The van der Waals surface area contributed by atoms with Crippen molar-refractivity contribution >= 4 is 28.3 Å². The van der Waals surface area contributed by atoms with Gasteiger partial charge >= 0.3 is 0 Å². The number of hydrogen-bond donors (Lipinski definition) is 1. The van der Waals surface area contributed by atoms with Crippen LogP contribution in [0.25, 0.3) is 0 Å². The second-order valence-corrected chi connectivity index (χ2v) is 7.33. The zero-order valence-corrected chi connectivity index (χ0v) is 13.4. The predicted molar refractivity (Wildman–Crippen MR) is 82.8 cm³/mol. The highest BCUT2D eigenvalue weighted by atomic mass is 127. The molecule has 0 bridgehead atoms. The first-order valence-electron chi connectivity index (χ1n) is 6.83. The van der Waals surface area contributed by atoms with Crippen LogP contribution in [0.4, 0.5) is 10.1 Å². The number of fused-ring (bicyclic) bond motifs is 1. The third-order valence-electron chi connectivity index (χ3n) is 4.57. The van der Waals surface area contributed by atoms with Crippen molar-refractivity contribution in [2.75, 3.05) is 11.9 Å². The van der Waals surface area contributed by atoms with E-state index in [0.717, 1.165) is 22.3 Å².